The third kappa shape index (κ3) is 15.7. The van der Waals surface area contributed by atoms with Gasteiger partial charge in [-0.3, -0.25) is 24.0 Å². The molecule has 320 valence electrons. The summed E-state index contributed by atoms with van der Waals surface area (Å²) in [5.41, 5.74) is 2.65. The number of aliphatic hydroxyl groups is 1. The van der Waals surface area contributed by atoms with Crippen LogP contribution in [-0.4, -0.2) is 85.2 Å². The van der Waals surface area contributed by atoms with Crippen molar-refractivity contribution in [3.8, 4) is 5.75 Å². The van der Waals surface area contributed by atoms with Crippen LogP contribution in [0.4, 0.5) is 0 Å². The Bertz CT molecular complexity index is 1630. The van der Waals surface area contributed by atoms with Gasteiger partial charge in [-0.1, -0.05) is 102 Å². The van der Waals surface area contributed by atoms with Gasteiger partial charge in [-0.25, -0.2) is 0 Å². The first-order chi connectivity index (χ1) is 27.8. The molecule has 58 heavy (non-hydrogen) atoms. The second-order valence-corrected chi connectivity index (χ2v) is 16.8. The average Bonchev–Trinajstić information content (AvgIpc) is 3.58. The van der Waals surface area contributed by atoms with Crippen LogP contribution in [0.25, 0.3) is 0 Å². The van der Waals surface area contributed by atoms with Crippen molar-refractivity contribution in [2.45, 2.75) is 136 Å². The van der Waals surface area contributed by atoms with Crippen molar-refractivity contribution < 1.29 is 38.6 Å². The maximum Gasteiger partial charge on any atom is 0.319 e. The summed E-state index contributed by atoms with van der Waals surface area (Å²) < 4.78 is 10.9. The van der Waals surface area contributed by atoms with Gasteiger partial charge in [0, 0.05) is 37.4 Å². The number of hydrogen-bond donors (Lipinski definition) is 6. The highest BCUT2D eigenvalue weighted by atomic mass is 16.5. The van der Waals surface area contributed by atoms with Gasteiger partial charge in [0.05, 0.1) is 38.3 Å². The van der Waals surface area contributed by atoms with E-state index in [1.165, 1.54) is 0 Å². The van der Waals surface area contributed by atoms with Crippen LogP contribution >= 0.6 is 0 Å². The van der Waals surface area contributed by atoms with E-state index in [4.69, 9.17) is 9.47 Å². The van der Waals surface area contributed by atoms with Gasteiger partial charge in [0.25, 0.3) is 0 Å². The topological polar surface area (TPSA) is 184 Å². The molecule has 1 unspecified atom stereocenters. The third-order valence-electron chi connectivity index (χ3n) is 10.8. The maximum absolute atomic E-state index is 14.2. The molecule has 2 aliphatic rings. The van der Waals surface area contributed by atoms with Crippen molar-refractivity contribution >= 4 is 29.6 Å². The van der Waals surface area contributed by atoms with Crippen molar-refractivity contribution in [2.75, 3.05) is 26.3 Å². The molecule has 5 atom stereocenters. The van der Waals surface area contributed by atoms with Gasteiger partial charge < -0.3 is 41.2 Å². The van der Waals surface area contributed by atoms with Crippen LogP contribution in [0.15, 0.2) is 48.5 Å². The number of nitrogens with one attached hydrogen (secondary N) is 5. The molecule has 2 aromatic rings. The fraction of sp³-hybridized carbons (Fsp3) is 0.622. The van der Waals surface area contributed by atoms with Gasteiger partial charge in [-0.2, -0.15) is 0 Å². The molecule has 1 saturated carbocycles. The highest BCUT2D eigenvalue weighted by Gasteiger charge is 2.34. The van der Waals surface area contributed by atoms with Gasteiger partial charge in [-0.05, 0) is 54.7 Å². The second-order valence-electron chi connectivity index (χ2n) is 16.8. The number of rotatable bonds is 23. The van der Waals surface area contributed by atoms with Crippen LogP contribution in [0.1, 0.15) is 115 Å². The molecule has 0 aromatic heterocycles. The third-order valence-corrected chi connectivity index (χ3v) is 10.8. The van der Waals surface area contributed by atoms with E-state index in [0.29, 0.717) is 50.8 Å². The van der Waals surface area contributed by atoms with Crippen LogP contribution in [-0.2, 0) is 41.7 Å². The summed E-state index contributed by atoms with van der Waals surface area (Å²) in [4.78, 5) is 66.5. The predicted octanol–water partition coefficient (Wildman–Crippen LogP) is 4.44. The van der Waals surface area contributed by atoms with Crippen molar-refractivity contribution in [2.24, 2.45) is 17.8 Å². The molecule has 1 heterocycles. The molecule has 4 amide bonds. The van der Waals surface area contributed by atoms with Crippen molar-refractivity contribution in [1.29, 1.82) is 0 Å². The lowest BCUT2D eigenvalue weighted by Crippen LogP contribution is -2.57. The van der Waals surface area contributed by atoms with Crippen molar-refractivity contribution in [3.63, 3.8) is 0 Å². The average molecular weight is 806 g/mol. The monoisotopic (exact) mass is 805 g/mol. The summed E-state index contributed by atoms with van der Waals surface area (Å²) in [5.74, 6) is -0.808. The van der Waals surface area contributed by atoms with E-state index in [2.05, 4.69) is 26.6 Å². The van der Waals surface area contributed by atoms with Crippen LogP contribution in [0, 0.1) is 17.8 Å². The zero-order chi connectivity index (χ0) is 42.0. The molecule has 1 aliphatic carbocycles. The van der Waals surface area contributed by atoms with E-state index < -0.39 is 36.0 Å². The highest BCUT2D eigenvalue weighted by Crippen LogP contribution is 2.36. The van der Waals surface area contributed by atoms with Gasteiger partial charge >= 0.3 is 5.97 Å². The Kier molecular flexibility index (Phi) is 19.0. The zero-order valence-electron chi connectivity index (χ0n) is 35.1. The smallest absolute Gasteiger partial charge is 0.319 e. The van der Waals surface area contributed by atoms with E-state index >= 15 is 0 Å². The Hall–Kier alpha value is -4.49. The Morgan fingerprint density at radius 1 is 0.845 bits per heavy atom. The quantitative estimate of drug-likeness (QED) is 0.0885. The van der Waals surface area contributed by atoms with Crippen LogP contribution < -0.4 is 31.3 Å². The molecule has 13 heteroatoms. The summed E-state index contributed by atoms with van der Waals surface area (Å²) in [5, 5.41) is 26.3. The first-order valence-corrected chi connectivity index (χ1v) is 21.3. The molecule has 6 N–H and O–H groups in total. The van der Waals surface area contributed by atoms with E-state index in [9.17, 15) is 29.1 Å². The number of fused-ring (bicyclic) bond motifs is 1. The number of ether oxygens (including phenoxy) is 2. The summed E-state index contributed by atoms with van der Waals surface area (Å²) in [6, 6.07) is 12.5. The lowest BCUT2D eigenvalue weighted by molar-refractivity contribution is -0.142. The molecule has 0 spiro atoms. The minimum Gasteiger partial charge on any atom is -0.493 e. The molecule has 0 bridgehead atoms. The van der Waals surface area contributed by atoms with E-state index in [0.717, 1.165) is 48.8 Å². The lowest BCUT2D eigenvalue weighted by Gasteiger charge is -2.32. The van der Waals surface area contributed by atoms with E-state index in [-0.39, 0.29) is 61.3 Å². The molecular weight excluding hydrogens is 739 g/mol. The first-order valence-electron chi connectivity index (χ1n) is 21.3. The molecule has 4 rings (SSSR count). The maximum atomic E-state index is 14.2. The fourth-order valence-electron chi connectivity index (χ4n) is 7.74. The van der Waals surface area contributed by atoms with E-state index in [1.54, 1.807) is 6.92 Å². The molecular formula is C45H67N5O8. The fourth-order valence-corrected chi connectivity index (χ4v) is 7.74. The van der Waals surface area contributed by atoms with Crippen molar-refractivity contribution in [3.05, 3.63) is 65.2 Å². The summed E-state index contributed by atoms with van der Waals surface area (Å²) in [6.45, 7) is 11.3. The minimum absolute atomic E-state index is 0.0365. The van der Waals surface area contributed by atoms with Crippen LogP contribution in [0.3, 0.4) is 0 Å². The summed E-state index contributed by atoms with van der Waals surface area (Å²) >= 11 is 0. The summed E-state index contributed by atoms with van der Waals surface area (Å²) in [6.07, 6.45) is 5.26. The number of carbonyl (C=O) groups is 5. The largest absolute Gasteiger partial charge is 0.493 e. The predicted molar refractivity (Wildman–Crippen MR) is 223 cm³/mol. The van der Waals surface area contributed by atoms with Gasteiger partial charge in [0.15, 0.2) is 0 Å². The molecule has 1 fully saturated rings. The van der Waals surface area contributed by atoms with Gasteiger partial charge in [-0.15, -0.1) is 0 Å². The number of carbonyl (C=O) groups excluding carboxylic acids is 5. The standard InChI is InChI=1S/C45H67N5O8/c1-6-57-43(54)27-46-26-33-17-18-40-35(20-33)34(28-58-40)23-42(53)48-38(22-32-15-11-8-12-16-32)45(56)50-37(19-29(2)3)44(55)49-36(21-31-13-9-7-10-14-31)39(51)24-41(52)47-25-30(4)5/h8,11-12,15-18,20,29-31,34,36-39,46,51H,6-7,9-10,13-14,19,21-28H2,1-5H3,(H,47,52)(H,48,53)(H,49,55)(H,50,56)/t34?,36-,37-,38-,39-/m0/s1. The molecule has 13 nitrogen and oxygen atoms in total. The Morgan fingerprint density at radius 2 is 1.57 bits per heavy atom. The SMILES string of the molecule is CCOC(=O)CNCc1ccc2c(c1)C(CC(=O)N[C@@H](Cc1ccccc1)C(=O)N[C@@H](CC(C)C)C(=O)N[C@@H](CC1CCCCC1)[C@@H](O)CC(=O)NCC(C)C)CO2. The van der Waals surface area contributed by atoms with E-state index in [1.807, 2.05) is 76.2 Å². The number of amides is 4. The first kappa shape index (κ1) is 46.2. The molecule has 0 radical (unpaired) electrons. The van der Waals surface area contributed by atoms with Crippen LogP contribution in [0.2, 0.25) is 0 Å². The Morgan fingerprint density at radius 3 is 2.26 bits per heavy atom. The minimum atomic E-state index is -1.10. The van der Waals surface area contributed by atoms with Crippen molar-refractivity contribution in [1.82, 2.24) is 26.6 Å². The number of esters is 1. The Labute approximate surface area is 344 Å². The van der Waals surface area contributed by atoms with Crippen LogP contribution in [0.5, 0.6) is 5.75 Å². The number of aliphatic hydroxyl groups excluding tert-OH is 1. The summed E-state index contributed by atoms with van der Waals surface area (Å²) in [7, 11) is 0. The Balaban J connectivity index is 1.46. The molecule has 2 aromatic carbocycles. The molecule has 1 aliphatic heterocycles. The molecule has 0 saturated heterocycles. The lowest BCUT2D eigenvalue weighted by atomic mass is 9.83. The normalized spacial score (nSPS) is 17.3. The highest BCUT2D eigenvalue weighted by molar-refractivity contribution is 5.92. The van der Waals surface area contributed by atoms with Gasteiger partial charge in [0.1, 0.15) is 17.8 Å². The number of benzene rings is 2. The zero-order valence-corrected chi connectivity index (χ0v) is 35.1. The number of hydrogen-bond acceptors (Lipinski definition) is 9. The van der Waals surface area contributed by atoms with Gasteiger partial charge in [0.2, 0.25) is 23.6 Å². The second kappa shape index (κ2) is 23.8.